The third-order valence-corrected chi connectivity index (χ3v) is 4.49. The maximum absolute atomic E-state index is 14.1. The normalized spacial score (nSPS) is 14.1. The standard InChI is InChI=1S/C19H20F2N4O2.ClH/c20-15-11-16(21)17(10-14(15)18(22)26)24-19(27)25(12-4-2-1-3-5-12)13-6-8-23-9-7-13;/h1-5,10-11,13,23H,6-9H2,(H2,22,26)(H,24,27);1H. The summed E-state index contributed by atoms with van der Waals surface area (Å²) in [6.07, 6.45) is 1.47. The van der Waals surface area contributed by atoms with E-state index < -0.39 is 29.1 Å². The molecule has 4 N–H and O–H groups in total. The van der Waals surface area contributed by atoms with E-state index in [1.54, 1.807) is 29.2 Å². The molecule has 0 spiro atoms. The number of amides is 3. The van der Waals surface area contributed by atoms with Crippen molar-refractivity contribution in [3.05, 3.63) is 59.7 Å². The summed E-state index contributed by atoms with van der Waals surface area (Å²) in [4.78, 5) is 25.8. The topological polar surface area (TPSA) is 87.5 Å². The van der Waals surface area contributed by atoms with Gasteiger partial charge in [0.1, 0.15) is 11.6 Å². The number of anilines is 2. The first-order valence-corrected chi connectivity index (χ1v) is 8.62. The number of hydrogen-bond acceptors (Lipinski definition) is 3. The highest BCUT2D eigenvalue weighted by Gasteiger charge is 2.27. The van der Waals surface area contributed by atoms with E-state index >= 15 is 0 Å². The Labute approximate surface area is 167 Å². The number of benzene rings is 2. The van der Waals surface area contributed by atoms with Crippen molar-refractivity contribution in [1.29, 1.82) is 0 Å². The van der Waals surface area contributed by atoms with Crippen LogP contribution in [0, 0.1) is 11.6 Å². The summed E-state index contributed by atoms with van der Waals surface area (Å²) in [5.74, 6) is -3.10. The summed E-state index contributed by atoms with van der Waals surface area (Å²) in [5.41, 5.74) is 4.98. The molecular formula is C19H21ClF2N4O2. The highest BCUT2D eigenvalue weighted by Crippen LogP contribution is 2.25. The summed E-state index contributed by atoms with van der Waals surface area (Å²) in [6.45, 7) is 1.52. The minimum atomic E-state index is -1.07. The van der Waals surface area contributed by atoms with Gasteiger partial charge in [0.2, 0.25) is 0 Å². The lowest BCUT2D eigenvalue weighted by Crippen LogP contribution is -2.48. The lowest BCUT2D eigenvalue weighted by molar-refractivity contribution is 0.0996. The van der Waals surface area contributed by atoms with Gasteiger partial charge in [-0.15, -0.1) is 12.4 Å². The molecule has 1 heterocycles. The molecule has 0 saturated carbocycles. The molecule has 1 aliphatic heterocycles. The molecule has 1 fully saturated rings. The Morgan fingerprint density at radius 3 is 2.32 bits per heavy atom. The van der Waals surface area contributed by atoms with Gasteiger partial charge in [-0.25, -0.2) is 13.6 Å². The molecule has 6 nitrogen and oxygen atoms in total. The molecule has 1 saturated heterocycles. The van der Waals surface area contributed by atoms with Gasteiger partial charge in [0.15, 0.2) is 0 Å². The number of nitrogens with zero attached hydrogens (tertiary/aromatic N) is 1. The van der Waals surface area contributed by atoms with Crippen LogP contribution in [0.15, 0.2) is 42.5 Å². The highest BCUT2D eigenvalue weighted by atomic mass is 35.5. The quantitative estimate of drug-likeness (QED) is 0.722. The maximum atomic E-state index is 14.1. The van der Waals surface area contributed by atoms with Crippen LogP contribution in [0.1, 0.15) is 23.2 Å². The fourth-order valence-electron chi connectivity index (χ4n) is 3.16. The Kier molecular flexibility index (Phi) is 7.31. The van der Waals surface area contributed by atoms with E-state index in [-0.39, 0.29) is 24.1 Å². The molecule has 0 bridgehead atoms. The molecule has 3 amide bonds. The van der Waals surface area contributed by atoms with Crippen molar-refractivity contribution >= 4 is 35.7 Å². The van der Waals surface area contributed by atoms with E-state index in [4.69, 9.17) is 5.73 Å². The first-order chi connectivity index (χ1) is 13.0. The maximum Gasteiger partial charge on any atom is 0.326 e. The number of nitrogens with one attached hydrogen (secondary N) is 2. The lowest BCUT2D eigenvalue weighted by Gasteiger charge is -2.34. The number of para-hydroxylation sites is 1. The Balaban J connectivity index is 0.00000280. The summed E-state index contributed by atoms with van der Waals surface area (Å²) >= 11 is 0. The Morgan fingerprint density at radius 2 is 1.71 bits per heavy atom. The molecule has 0 radical (unpaired) electrons. The molecule has 2 aromatic carbocycles. The van der Waals surface area contributed by atoms with Crippen LogP contribution in [0.5, 0.6) is 0 Å². The van der Waals surface area contributed by atoms with Gasteiger partial charge in [-0.1, -0.05) is 18.2 Å². The molecule has 9 heteroatoms. The van der Waals surface area contributed by atoms with Gasteiger partial charge in [-0.2, -0.15) is 0 Å². The zero-order chi connectivity index (χ0) is 19.4. The first-order valence-electron chi connectivity index (χ1n) is 8.62. The van der Waals surface area contributed by atoms with Crippen molar-refractivity contribution in [2.75, 3.05) is 23.3 Å². The van der Waals surface area contributed by atoms with Gasteiger partial charge in [-0.05, 0) is 44.1 Å². The first kappa shape index (κ1) is 21.6. The van der Waals surface area contributed by atoms with Crippen molar-refractivity contribution in [2.45, 2.75) is 18.9 Å². The molecule has 2 aromatic rings. The summed E-state index contributed by atoms with van der Waals surface area (Å²) in [7, 11) is 0. The number of carbonyl (C=O) groups excluding carboxylic acids is 2. The molecular weight excluding hydrogens is 390 g/mol. The summed E-state index contributed by atoms with van der Waals surface area (Å²) in [5, 5.41) is 5.68. The predicted octanol–water partition coefficient (Wildman–Crippen LogP) is 3.28. The van der Waals surface area contributed by atoms with Crippen LogP contribution in [0.2, 0.25) is 0 Å². The molecule has 0 aliphatic carbocycles. The molecule has 28 heavy (non-hydrogen) atoms. The minimum absolute atomic E-state index is 0. The average molecular weight is 411 g/mol. The molecule has 150 valence electrons. The number of halogens is 3. The van der Waals surface area contributed by atoms with Crippen molar-refractivity contribution < 1.29 is 18.4 Å². The molecule has 3 rings (SSSR count). The molecule has 0 atom stereocenters. The van der Waals surface area contributed by atoms with Crippen molar-refractivity contribution in [3.8, 4) is 0 Å². The fraction of sp³-hybridized carbons (Fsp3) is 0.263. The second-order valence-corrected chi connectivity index (χ2v) is 6.29. The summed E-state index contributed by atoms with van der Waals surface area (Å²) in [6, 6.07) is 9.84. The number of piperidine rings is 1. The van der Waals surface area contributed by atoms with Crippen LogP contribution in [-0.2, 0) is 0 Å². The average Bonchev–Trinajstić information content (AvgIpc) is 2.65. The molecule has 0 aromatic heterocycles. The van der Waals surface area contributed by atoms with Crippen LogP contribution in [-0.4, -0.2) is 31.1 Å². The van der Waals surface area contributed by atoms with Crippen molar-refractivity contribution in [3.63, 3.8) is 0 Å². The van der Waals surface area contributed by atoms with Crippen LogP contribution in [0.25, 0.3) is 0 Å². The Bertz CT molecular complexity index is 845. The largest absolute Gasteiger partial charge is 0.366 e. The van der Waals surface area contributed by atoms with Crippen molar-refractivity contribution in [2.24, 2.45) is 5.73 Å². The van der Waals surface area contributed by atoms with E-state index in [0.717, 1.165) is 32.0 Å². The third kappa shape index (κ3) is 4.76. The van der Waals surface area contributed by atoms with E-state index in [2.05, 4.69) is 10.6 Å². The predicted molar refractivity (Wildman–Crippen MR) is 106 cm³/mol. The minimum Gasteiger partial charge on any atom is -0.366 e. The Hall–Kier alpha value is -2.71. The smallest absolute Gasteiger partial charge is 0.326 e. The van der Waals surface area contributed by atoms with Gasteiger partial charge >= 0.3 is 6.03 Å². The lowest BCUT2D eigenvalue weighted by atomic mass is 10.0. The summed E-state index contributed by atoms with van der Waals surface area (Å²) < 4.78 is 27.8. The number of urea groups is 1. The van der Waals surface area contributed by atoms with Gasteiger partial charge in [-0.3, -0.25) is 9.69 Å². The van der Waals surface area contributed by atoms with Crippen LogP contribution in [0.4, 0.5) is 25.0 Å². The number of primary amides is 1. The monoisotopic (exact) mass is 410 g/mol. The van der Waals surface area contributed by atoms with Gasteiger partial charge in [0.05, 0.1) is 11.3 Å². The van der Waals surface area contributed by atoms with Gasteiger partial charge in [0.25, 0.3) is 5.91 Å². The van der Waals surface area contributed by atoms with E-state index in [1.807, 2.05) is 6.07 Å². The molecule has 0 unspecified atom stereocenters. The fourth-order valence-corrected chi connectivity index (χ4v) is 3.16. The van der Waals surface area contributed by atoms with Crippen LogP contribution >= 0.6 is 12.4 Å². The number of carbonyl (C=O) groups is 2. The van der Waals surface area contributed by atoms with E-state index in [1.165, 1.54) is 0 Å². The number of hydrogen-bond donors (Lipinski definition) is 3. The highest BCUT2D eigenvalue weighted by molar-refractivity contribution is 6.03. The van der Waals surface area contributed by atoms with Crippen LogP contribution in [0.3, 0.4) is 0 Å². The second kappa shape index (κ2) is 9.48. The Morgan fingerprint density at radius 1 is 1.07 bits per heavy atom. The third-order valence-electron chi connectivity index (χ3n) is 4.49. The van der Waals surface area contributed by atoms with Gasteiger partial charge in [0, 0.05) is 17.8 Å². The molecule has 1 aliphatic rings. The van der Waals surface area contributed by atoms with Crippen LogP contribution < -0.4 is 21.3 Å². The van der Waals surface area contributed by atoms with E-state index in [0.29, 0.717) is 11.8 Å². The van der Waals surface area contributed by atoms with Crippen molar-refractivity contribution in [1.82, 2.24) is 5.32 Å². The number of nitrogens with two attached hydrogens (primary N) is 1. The second-order valence-electron chi connectivity index (χ2n) is 6.29. The number of rotatable bonds is 4. The SMILES string of the molecule is Cl.NC(=O)c1cc(NC(=O)N(c2ccccc2)C2CCNCC2)c(F)cc1F. The van der Waals surface area contributed by atoms with E-state index in [9.17, 15) is 18.4 Å². The zero-order valence-electron chi connectivity index (χ0n) is 15.0. The van der Waals surface area contributed by atoms with Gasteiger partial charge < -0.3 is 16.4 Å². The zero-order valence-corrected chi connectivity index (χ0v) is 15.8.